The molecule has 1 aliphatic carbocycles. The average Bonchev–Trinajstić information content (AvgIpc) is 3.49. The topological polar surface area (TPSA) is 38.7 Å². The molecule has 0 saturated carbocycles. The Kier molecular flexibility index (Phi) is 7.81. The van der Waals surface area contributed by atoms with Crippen molar-refractivity contribution in [2.45, 2.75) is 19.3 Å². The summed E-state index contributed by atoms with van der Waals surface area (Å²) in [6.45, 7) is 4.67. The summed E-state index contributed by atoms with van der Waals surface area (Å²) in [6.07, 6.45) is 0. The summed E-state index contributed by atoms with van der Waals surface area (Å²) in [6, 6.07) is 66.7. The molecule has 1 aromatic heterocycles. The summed E-state index contributed by atoms with van der Waals surface area (Å²) < 4.78 is 0. The number of hydrogen-bond donors (Lipinski definition) is 0. The van der Waals surface area contributed by atoms with Crippen LogP contribution in [0.1, 0.15) is 25.0 Å². The van der Waals surface area contributed by atoms with Crippen molar-refractivity contribution in [2.24, 2.45) is 0 Å². The summed E-state index contributed by atoms with van der Waals surface area (Å²) >= 11 is 0. The molecule has 0 N–H and O–H groups in total. The Hall–Kier alpha value is -6.97. The Morgan fingerprint density at radius 3 is 1.31 bits per heavy atom. The van der Waals surface area contributed by atoms with Crippen LogP contribution in [0.2, 0.25) is 0 Å². The number of benzene rings is 8. The highest BCUT2D eigenvalue weighted by molar-refractivity contribution is 6.01. The van der Waals surface area contributed by atoms with Gasteiger partial charge in [0.05, 0.1) is 0 Å². The predicted octanol–water partition coefficient (Wildman–Crippen LogP) is 13.3. The second-order valence-corrected chi connectivity index (χ2v) is 14.8. The number of nitrogens with zero attached hydrogens (tertiary/aromatic N) is 3. The molecule has 260 valence electrons. The van der Waals surface area contributed by atoms with Gasteiger partial charge < -0.3 is 0 Å². The monoisotopic (exact) mass is 703 g/mol. The molecule has 0 bridgehead atoms. The van der Waals surface area contributed by atoms with Gasteiger partial charge in [0.15, 0.2) is 17.5 Å². The highest BCUT2D eigenvalue weighted by Crippen LogP contribution is 2.53. The molecule has 0 atom stereocenters. The smallest absolute Gasteiger partial charge is 0.164 e. The predicted molar refractivity (Wildman–Crippen MR) is 228 cm³/mol. The lowest BCUT2D eigenvalue weighted by Gasteiger charge is -2.22. The molecule has 8 aromatic carbocycles. The molecule has 0 aliphatic heterocycles. The van der Waals surface area contributed by atoms with Gasteiger partial charge in [0, 0.05) is 22.1 Å². The molecular weight excluding hydrogens is 667 g/mol. The van der Waals surface area contributed by atoms with Gasteiger partial charge in [-0.25, -0.2) is 15.0 Å². The van der Waals surface area contributed by atoms with Gasteiger partial charge in [-0.3, -0.25) is 0 Å². The van der Waals surface area contributed by atoms with Crippen molar-refractivity contribution in [1.29, 1.82) is 0 Å². The standard InChI is InChI=1S/C52H37N3/c1-52(2)46-22-12-11-20-43(46)48-42(21-13-23-47(48)52)44-32-40-18-9-10-19-41(40)33-45(44)51-54-49(38-28-24-36(25-29-38)34-14-5-3-6-15-34)53-50(55-51)39-30-26-37(27-31-39)35-16-7-4-8-17-35/h3-33H,1-2H3. The SMILES string of the molecule is CC1(C)c2ccccc2-c2c(-c3cc4ccccc4cc3-c3nc(-c4ccc(-c5ccccc5)cc4)nc(-c4ccc(-c5ccccc5)cc4)n3)cccc21. The van der Waals surface area contributed by atoms with Crippen LogP contribution in [-0.4, -0.2) is 15.0 Å². The van der Waals surface area contributed by atoms with Gasteiger partial charge in [0.1, 0.15) is 0 Å². The van der Waals surface area contributed by atoms with Crippen LogP contribution in [0.5, 0.6) is 0 Å². The molecule has 10 rings (SSSR count). The molecular formula is C52H37N3. The van der Waals surface area contributed by atoms with E-state index in [0.717, 1.165) is 38.8 Å². The number of hydrogen-bond acceptors (Lipinski definition) is 3. The van der Waals surface area contributed by atoms with Crippen molar-refractivity contribution >= 4 is 10.8 Å². The number of fused-ring (bicyclic) bond motifs is 4. The van der Waals surface area contributed by atoms with Crippen molar-refractivity contribution < 1.29 is 0 Å². The lowest BCUT2D eigenvalue weighted by molar-refractivity contribution is 0.660. The van der Waals surface area contributed by atoms with Gasteiger partial charge in [0.25, 0.3) is 0 Å². The van der Waals surface area contributed by atoms with Gasteiger partial charge in [0.2, 0.25) is 0 Å². The Bertz CT molecular complexity index is 2760. The minimum atomic E-state index is -0.121. The first-order valence-electron chi connectivity index (χ1n) is 18.9. The average molecular weight is 704 g/mol. The van der Waals surface area contributed by atoms with E-state index in [2.05, 4.69) is 190 Å². The van der Waals surface area contributed by atoms with Crippen molar-refractivity contribution in [3.05, 3.63) is 199 Å². The molecule has 3 heteroatoms. The third-order valence-corrected chi connectivity index (χ3v) is 11.2. The zero-order valence-corrected chi connectivity index (χ0v) is 30.7. The van der Waals surface area contributed by atoms with Crippen molar-refractivity contribution in [3.8, 4) is 78.7 Å². The van der Waals surface area contributed by atoms with E-state index in [1.54, 1.807) is 0 Å². The van der Waals surface area contributed by atoms with Crippen LogP contribution in [-0.2, 0) is 5.41 Å². The zero-order chi connectivity index (χ0) is 36.9. The van der Waals surface area contributed by atoms with Gasteiger partial charge in [-0.2, -0.15) is 0 Å². The number of aromatic nitrogens is 3. The van der Waals surface area contributed by atoms with Crippen LogP contribution < -0.4 is 0 Å². The van der Waals surface area contributed by atoms with Crippen LogP contribution in [0.15, 0.2) is 188 Å². The van der Waals surface area contributed by atoms with E-state index in [-0.39, 0.29) is 5.41 Å². The first kappa shape index (κ1) is 32.7. The van der Waals surface area contributed by atoms with Gasteiger partial charge >= 0.3 is 0 Å². The van der Waals surface area contributed by atoms with Gasteiger partial charge in [-0.15, -0.1) is 0 Å². The van der Waals surface area contributed by atoms with Crippen LogP contribution in [0, 0.1) is 0 Å². The van der Waals surface area contributed by atoms with E-state index in [1.807, 2.05) is 12.1 Å². The molecule has 0 saturated heterocycles. The van der Waals surface area contributed by atoms with Crippen LogP contribution in [0.4, 0.5) is 0 Å². The Morgan fingerprint density at radius 1 is 0.309 bits per heavy atom. The first-order valence-corrected chi connectivity index (χ1v) is 18.9. The molecule has 1 aliphatic rings. The first-order chi connectivity index (χ1) is 27.0. The molecule has 0 amide bonds. The zero-order valence-electron chi connectivity index (χ0n) is 30.7. The summed E-state index contributed by atoms with van der Waals surface area (Å²) in [5.74, 6) is 1.91. The van der Waals surface area contributed by atoms with E-state index in [0.29, 0.717) is 17.5 Å². The molecule has 9 aromatic rings. The van der Waals surface area contributed by atoms with Gasteiger partial charge in [-0.1, -0.05) is 190 Å². The molecule has 1 heterocycles. The van der Waals surface area contributed by atoms with Crippen molar-refractivity contribution in [1.82, 2.24) is 15.0 Å². The van der Waals surface area contributed by atoms with E-state index in [1.165, 1.54) is 44.3 Å². The fourth-order valence-corrected chi connectivity index (χ4v) is 8.27. The Labute approximate surface area is 321 Å². The van der Waals surface area contributed by atoms with Crippen molar-refractivity contribution in [2.75, 3.05) is 0 Å². The van der Waals surface area contributed by atoms with Crippen LogP contribution in [0.3, 0.4) is 0 Å². The minimum absolute atomic E-state index is 0.121. The highest BCUT2D eigenvalue weighted by atomic mass is 15.0. The summed E-state index contributed by atoms with van der Waals surface area (Å²) in [5, 5.41) is 2.31. The van der Waals surface area contributed by atoms with Crippen molar-refractivity contribution in [3.63, 3.8) is 0 Å². The molecule has 3 nitrogen and oxygen atoms in total. The largest absolute Gasteiger partial charge is 0.208 e. The Balaban J connectivity index is 1.19. The number of rotatable bonds is 6. The second-order valence-electron chi connectivity index (χ2n) is 14.8. The van der Waals surface area contributed by atoms with Crippen LogP contribution in [0.25, 0.3) is 89.4 Å². The highest BCUT2D eigenvalue weighted by Gasteiger charge is 2.37. The molecule has 0 fully saturated rings. The molecule has 0 spiro atoms. The molecule has 0 unspecified atom stereocenters. The maximum atomic E-state index is 5.30. The fourth-order valence-electron chi connectivity index (χ4n) is 8.27. The van der Waals surface area contributed by atoms with E-state index in [9.17, 15) is 0 Å². The summed E-state index contributed by atoms with van der Waals surface area (Å²) in [7, 11) is 0. The van der Waals surface area contributed by atoms with E-state index < -0.39 is 0 Å². The Morgan fingerprint density at radius 2 is 0.727 bits per heavy atom. The lowest BCUT2D eigenvalue weighted by Crippen LogP contribution is -2.14. The molecule has 55 heavy (non-hydrogen) atoms. The quantitative estimate of drug-likeness (QED) is 0.173. The maximum Gasteiger partial charge on any atom is 0.164 e. The maximum absolute atomic E-state index is 5.30. The fraction of sp³-hybridized carbons (Fsp3) is 0.0577. The lowest BCUT2D eigenvalue weighted by atomic mass is 9.81. The second kappa shape index (κ2) is 13.2. The van der Waals surface area contributed by atoms with Gasteiger partial charge in [-0.05, 0) is 78.5 Å². The minimum Gasteiger partial charge on any atom is -0.208 e. The van der Waals surface area contributed by atoms with E-state index in [4.69, 9.17) is 15.0 Å². The molecule has 0 radical (unpaired) electrons. The summed E-state index contributed by atoms with van der Waals surface area (Å²) in [4.78, 5) is 15.8. The summed E-state index contributed by atoms with van der Waals surface area (Å²) in [5.41, 5.74) is 14.9. The normalized spacial score (nSPS) is 12.7. The van der Waals surface area contributed by atoms with E-state index >= 15 is 0 Å². The third-order valence-electron chi connectivity index (χ3n) is 11.2. The van der Waals surface area contributed by atoms with Crippen LogP contribution >= 0.6 is 0 Å². The third kappa shape index (κ3) is 5.73.